The fraction of sp³-hybridized carbons (Fsp3) is 0.500. The third-order valence-corrected chi connectivity index (χ3v) is 5.57. The Hall–Kier alpha value is -1.32. The predicted molar refractivity (Wildman–Crippen MR) is 111 cm³/mol. The Bertz CT molecular complexity index is 764. The molecule has 0 saturated heterocycles. The number of alkyl halides is 3. The van der Waals surface area contributed by atoms with Gasteiger partial charge in [0.15, 0.2) is 0 Å². The average Bonchev–Trinajstić information content (AvgIpc) is 3.08. The number of ether oxygens (including phenoxy) is 1. The highest BCUT2D eigenvalue weighted by Gasteiger charge is 2.35. The fourth-order valence-corrected chi connectivity index (χ4v) is 3.66. The summed E-state index contributed by atoms with van der Waals surface area (Å²) in [6.45, 7) is 1.32. The molecule has 2 rings (SSSR count). The largest absolute Gasteiger partial charge is 0.493 e. The number of benzene rings is 1. The van der Waals surface area contributed by atoms with E-state index in [1.807, 2.05) is 19.1 Å². The van der Waals surface area contributed by atoms with Gasteiger partial charge in [-0.2, -0.15) is 13.2 Å². The summed E-state index contributed by atoms with van der Waals surface area (Å²) in [4.78, 5) is 2.39. The molecule has 0 bridgehead atoms. The van der Waals surface area contributed by atoms with Crippen LogP contribution in [-0.2, 0) is 19.0 Å². The van der Waals surface area contributed by atoms with E-state index < -0.39 is 30.5 Å². The van der Waals surface area contributed by atoms with Crippen LogP contribution in [0.25, 0.3) is 0 Å². The molecule has 4 N–H and O–H groups in total. The van der Waals surface area contributed by atoms with Crippen molar-refractivity contribution in [3.05, 3.63) is 51.2 Å². The van der Waals surface area contributed by atoms with Crippen molar-refractivity contribution in [1.29, 1.82) is 0 Å². The van der Waals surface area contributed by atoms with Crippen LogP contribution in [0.2, 0.25) is 0 Å². The summed E-state index contributed by atoms with van der Waals surface area (Å²) in [7, 11) is 0. The van der Waals surface area contributed by atoms with Gasteiger partial charge in [0, 0.05) is 9.75 Å². The molecule has 1 aromatic carbocycles. The third kappa shape index (κ3) is 7.79. The van der Waals surface area contributed by atoms with Crippen molar-refractivity contribution in [3.63, 3.8) is 0 Å². The van der Waals surface area contributed by atoms with Gasteiger partial charge < -0.3 is 20.7 Å². The molecule has 0 fully saturated rings. The maximum Gasteiger partial charge on any atom is 0.419 e. The van der Waals surface area contributed by atoms with E-state index in [0.29, 0.717) is 12.0 Å². The second-order valence-corrected chi connectivity index (χ2v) is 8.34. The van der Waals surface area contributed by atoms with Gasteiger partial charge in [-0.1, -0.05) is 6.07 Å². The molecule has 0 aliphatic carbocycles. The zero-order chi connectivity index (χ0) is 20.8. The number of hydrogen-bond acceptors (Lipinski definition) is 5. The monoisotopic (exact) mass is 453 g/mol. The highest BCUT2D eigenvalue weighted by atomic mass is 35.5. The lowest BCUT2D eigenvalue weighted by atomic mass is 9.93. The van der Waals surface area contributed by atoms with Crippen molar-refractivity contribution in [2.75, 3.05) is 19.8 Å². The maximum atomic E-state index is 13.4. The molecule has 0 aliphatic heterocycles. The van der Waals surface area contributed by atoms with Gasteiger partial charge in [0.25, 0.3) is 0 Å². The molecule has 4 nitrogen and oxygen atoms in total. The predicted octanol–water partition coefficient (Wildman–Crippen LogP) is 4.12. The lowest BCUT2D eigenvalue weighted by Gasteiger charge is -2.24. The van der Waals surface area contributed by atoms with E-state index in [2.05, 4.69) is 0 Å². The van der Waals surface area contributed by atoms with E-state index in [1.165, 1.54) is 15.8 Å². The van der Waals surface area contributed by atoms with Gasteiger partial charge in [-0.3, -0.25) is 0 Å². The Kier molecular flexibility index (Phi) is 9.91. The van der Waals surface area contributed by atoms with Crippen LogP contribution in [0.3, 0.4) is 0 Å². The number of hydrogen-bond donors (Lipinski definition) is 3. The van der Waals surface area contributed by atoms with Crippen LogP contribution in [0.15, 0.2) is 30.3 Å². The van der Waals surface area contributed by atoms with Crippen LogP contribution in [-0.4, -0.2) is 35.6 Å². The summed E-state index contributed by atoms with van der Waals surface area (Å²) >= 11 is 1.67. The first kappa shape index (κ1) is 25.7. The van der Waals surface area contributed by atoms with E-state index >= 15 is 0 Å². The summed E-state index contributed by atoms with van der Waals surface area (Å²) < 4.78 is 45.7. The van der Waals surface area contributed by atoms with Crippen molar-refractivity contribution in [3.8, 4) is 5.75 Å². The summed E-state index contributed by atoms with van der Waals surface area (Å²) in [6.07, 6.45) is -2.78. The molecule has 0 spiro atoms. The quantitative estimate of drug-likeness (QED) is 0.473. The molecule has 164 valence electrons. The first-order valence-electron chi connectivity index (χ1n) is 9.06. The van der Waals surface area contributed by atoms with Gasteiger partial charge >= 0.3 is 6.18 Å². The Morgan fingerprint density at radius 2 is 1.76 bits per heavy atom. The molecule has 0 saturated carbocycles. The molecule has 1 heterocycles. The highest BCUT2D eigenvalue weighted by molar-refractivity contribution is 7.11. The van der Waals surface area contributed by atoms with E-state index in [1.54, 1.807) is 17.4 Å². The molecule has 2 aromatic rings. The van der Waals surface area contributed by atoms with Crippen molar-refractivity contribution in [1.82, 2.24) is 0 Å². The topological polar surface area (TPSA) is 75.7 Å². The second-order valence-electron chi connectivity index (χ2n) is 6.97. The molecule has 0 aliphatic rings. The zero-order valence-electron chi connectivity index (χ0n) is 16.2. The third-order valence-electron chi connectivity index (χ3n) is 4.51. The van der Waals surface area contributed by atoms with Gasteiger partial charge in [0.2, 0.25) is 0 Å². The Labute approximate surface area is 178 Å². The standard InChI is InChI=1S/C20H26F3NO3S.ClH/c1-14-4-6-16(28-14)3-2-10-27-18-7-5-15(11-17(18)20(21,22)23)8-9-19(24,12-25)13-26;/h4-7,11,25-26H,2-3,8-10,12-13,24H2,1H3;1H. The smallest absolute Gasteiger partial charge is 0.419 e. The van der Waals surface area contributed by atoms with E-state index in [0.717, 1.165) is 12.5 Å². The molecular weight excluding hydrogens is 427 g/mol. The number of nitrogens with two attached hydrogens (primary N) is 1. The van der Waals surface area contributed by atoms with Crippen molar-refractivity contribution < 1.29 is 28.1 Å². The number of halogens is 4. The minimum atomic E-state index is -4.54. The first-order chi connectivity index (χ1) is 13.2. The van der Waals surface area contributed by atoms with E-state index in [4.69, 9.17) is 10.5 Å². The van der Waals surface area contributed by atoms with Crippen LogP contribution in [0, 0.1) is 6.92 Å². The second kappa shape index (κ2) is 11.2. The van der Waals surface area contributed by atoms with Crippen molar-refractivity contribution in [2.45, 2.75) is 44.3 Å². The number of thiophene rings is 1. The van der Waals surface area contributed by atoms with E-state index in [9.17, 15) is 23.4 Å². The zero-order valence-corrected chi connectivity index (χ0v) is 17.8. The van der Waals surface area contributed by atoms with Crippen molar-refractivity contribution >= 4 is 23.7 Å². The van der Waals surface area contributed by atoms with Gasteiger partial charge in [0.05, 0.1) is 30.9 Å². The molecule has 0 radical (unpaired) electrons. The summed E-state index contributed by atoms with van der Waals surface area (Å²) in [5.41, 5.74) is 4.16. The summed E-state index contributed by atoms with van der Waals surface area (Å²) in [6, 6.07) is 7.97. The Morgan fingerprint density at radius 1 is 1.07 bits per heavy atom. The molecule has 0 unspecified atom stereocenters. The van der Waals surface area contributed by atoms with Gasteiger partial charge in [0.1, 0.15) is 5.75 Å². The number of aryl methyl sites for hydroxylation is 3. The van der Waals surface area contributed by atoms with Gasteiger partial charge in [-0.05, 0) is 62.4 Å². The lowest BCUT2D eigenvalue weighted by Crippen LogP contribution is -2.47. The molecule has 1 aromatic heterocycles. The number of rotatable bonds is 10. The van der Waals surface area contributed by atoms with Crippen LogP contribution >= 0.6 is 23.7 Å². The lowest BCUT2D eigenvalue weighted by molar-refractivity contribution is -0.139. The normalized spacial score (nSPS) is 12.0. The minimum Gasteiger partial charge on any atom is -0.493 e. The van der Waals surface area contributed by atoms with Crippen LogP contribution in [0.4, 0.5) is 13.2 Å². The van der Waals surface area contributed by atoms with Gasteiger partial charge in [-0.15, -0.1) is 23.7 Å². The summed E-state index contributed by atoms with van der Waals surface area (Å²) in [5, 5.41) is 18.4. The maximum absolute atomic E-state index is 13.4. The molecule has 0 amide bonds. The first-order valence-corrected chi connectivity index (χ1v) is 9.87. The van der Waals surface area contributed by atoms with Crippen molar-refractivity contribution in [2.24, 2.45) is 5.73 Å². The minimum absolute atomic E-state index is 0. The van der Waals surface area contributed by atoms with Crippen LogP contribution < -0.4 is 10.5 Å². The van der Waals surface area contributed by atoms with Crippen LogP contribution in [0.5, 0.6) is 5.75 Å². The SMILES string of the molecule is Cc1ccc(CCCOc2ccc(CCC(N)(CO)CO)cc2C(F)(F)F)s1.Cl. The molecule has 0 atom stereocenters. The fourth-order valence-electron chi connectivity index (χ4n) is 2.73. The molecule has 29 heavy (non-hydrogen) atoms. The summed E-state index contributed by atoms with van der Waals surface area (Å²) in [5.74, 6) is -0.193. The average molecular weight is 454 g/mol. The Balaban J connectivity index is 0.00000420. The van der Waals surface area contributed by atoms with Gasteiger partial charge in [-0.25, -0.2) is 0 Å². The highest BCUT2D eigenvalue weighted by Crippen LogP contribution is 2.37. The van der Waals surface area contributed by atoms with E-state index in [-0.39, 0.29) is 37.6 Å². The molecule has 9 heteroatoms. The number of aliphatic hydroxyl groups excluding tert-OH is 2. The Morgan fingerprint density at radius 3 is 2.31 bits per heavy atom. The number of aliphatic hydroxyl groups is 2. The molecular formula is C20H27ClF3NO3S. The van der Waals surface area contributed by atoms with Crippen LogP contribution in [0.1, 0.15) is 33.7 Å².